The number of benzene rings is 1. The average Bonchev–Trinajstić information content (AvgIpc) is 3.50. The molecule has 1 amide bonds. The average molecular weight is 485 g/mol. The van der Waals surface area contributed by atoms with Crippen molar-refractivity contribution in [3.8, 4) is 22.9 Å². The van der Waals surface area contributed by atoms with Gasteiger partial charge in [-0.05, 0) is 56.2 Å². The summed E-state index contributed by atoms with van der Waals surface area (Å²) in [6, 6.07) is 16.3. The van der Waals surface area contributed by atoms with Crippen LogP contribution in [0.5, 0.6) is 11.6 Å². The van der Waals surface area contributed by atoms with Gasteiger partial charge in [-0.3, -0.25) is 19.8 Å². The second-order valence-electron chi connectivity index (χ2n) is 9.59. The number of nitrogens with one attached hydrogen (secondary N) is 1. The van der Waals surface area contributed by atoms with E-state index in [1.165, 1.54) is 0 Å². The van der Waals surface area contributed by atoms with Crippen LogP contribution in [0.15, 0.2) is 60.9 Å². The normalized spacial score (nSPS) is 20.6. The number of carbonyl (C=O) groups is 1. The highest BCUT2D eigenvalue weighted by Crippen LogP contribution is 2.32. The molecule has 0 saturated carbocycles. The molecule has 2 fully saturated rings. The fraction of sp³-hybridized carbons (Fsp3) is 0.333. The number of fused-ring (bicyclic) bond motifs is 3. The largest absolute Gasteiger partial charge is 0.439 e. The minimum atomic E-state index is -0.941. The van der Waals surface area contributed by atoms with Crippen LogP contribution in [0.4, 0.5) is 0 Å². The summed E-state index contributed by atoms with van der Waals surface area (Å²) in [5.74, 6) is 1.05. The molecule has 9 heteroatoms. The number of piperazine rings is 1. The molecule has 2 bridgehead atoms. The van der Waals surface area contributed by atoms with Gasteiger partial charge in [-0.15, -0.1) is 0 Å². The lowest BCUT2D eigenvalue weighted by Gasteiger charge is -2.41. The van der Waals surface area contributed by atoms with Crippen LogP contribution < -0.4 is 4.74 Å². The molecule has 2 aliphatic rings. The molecule has 1 aromatic carbocycles. The highest BCUT2D eigenvalue weighted by molar-refractivity contribution is 5.81. The van der Waals surface area contributed by atoms with Gasteiger partial charge in [0, 0.05) is 61.1 Å². The van der Waals surface area contributed by atoms with Gasteiger partial charge in [0.25, 0.3) is 5.91 Å². The number of pyridine rings is 2. The molecule has 9 nitrogen and oxygen atoms in total. The van der Waals surface area contributed by atoms with Crippen LogP contribution in [0.3, 0.4) is 0 Å². The van der Waals surface area contributed by atoms with Crippen molar-refractivity contribution in [3.05, 3.63) is 66.6 Å². The summed E-state index contributed by atoms with van der Waals surface area (Å²) in [6.45, 7) is 3.64. The zero-order valence-electron chi connectivity index (χ0n) is 20.0. The fourth-order valence-electron chi connectivity index (χ4n) is 5.31. The Morgan fingerprint density at radius 2 is 1.97 bits per heavy atom. The number of aromatic nitrogens is 4. The highest BCUT2D eigenvalue weighted by atomic mass is 16.5. The Hall–Kier alpha value is -3.82. The number of aliphatic hydroxyl groups is 1. The smallest absolute Gasteiger partial charge is 0.251 e. The van der Waals surface area contributed by atoms with E-state index >= 15 is 0 Å². The van der Waals surface area contributed by atoms with Gasteiger partial charge in [0.05, 0.1) is 16.9 Å². The van der Waals surface area contributed by atoms with Crippen LogP contribution in [-0.2, 0) is 11.3 Å². The topological polar surface area (TPSA) is 107 Å². The number of hydrogen-bond acceptors (Lipinski definition) is 7. The Kier molecular flexibility index (Phi) is 5.86. The third-order valence-corrected chi connectivity index (χ3v) is 7.14. The van der Waals surface area contributed by atoms with Crippen LogP contribution in [0.1, 0.15) is 25.5 Å². The molecule has 6 rings (SSSR count). The number of amides is 1. The number of aliphatic hydroxyl groups excluding tert-OH is 1. The van der Waals surface area contributed by atoms with Crippen molar-refractivity contribution in [1.82, 2.24) is 30.0 Å². The van der Waals surface area contributed by atoms with E-state index in [1.54, 1.807) is 19.3 Å². The van der Waals surface area contributed by atoms with E-state index < -0.39 is 6.10 Å². The van der Waals surface area contributed by atoms with Crippen molar-refractivity contribution >= 4 is 16.8 Å². The number of ether oxygens (including phenoxy) is 1. The zero-order valence-corrected chi connectivity index (χ0v) is 20.0. The van der Waals surface area contributed by atoms with E-state index in [0.29, 0.717) is 36.8 Å². The predicted molar refractivity (Wildman–Crippen MR) is 134 cm³/mol. The van der Waals surface area contributed by atoms with Crippen LogP contribution in [0.2, 0.25) is 0 Å². The Morgan fingerprint density at radius 1 is 1.14 bits per heavy atom. The van der Waals surface area contributed by atoms with Gasteiger partial charge in [-0.2, -0.15) is 5.10 Å². The summed E-state index contributed by atoms with van der Waals surface area (Å²) in [7, 11) is 0. The van der Waals surface area contributed by atoms with Gasteiger partial charge in [0.15, 0.2) is 0 Å². The maximum Gasteiger partial charge on any atom is 0.251 e. The minimum absolute atomic E-state index is 0.169. The molecule has 2 saturated heterocycles. The lowest BCUT2D eigenvalue weighted by Crippen LogP contribution is -2.56. The molecule has 5 heterocycles. The number of likely N-dealkylation sites (tertiary alicyclic amines) is 1. The quantitative estimate of drug-likeness (QED) is 0.432. The van der Waals surface area contributed by atoms with Crippen molar-refractivity contribution in [2.45, 2.75) is 44.5 Å². The minimum Gasteiger partial charge on any atom is -0.439 e. The molecule has 184 valence electrons. The van der Waals surface area contributed by atoms with Crippen molar-refractivity contribution in [2.75, 3.05) is 13.1 Å². The fourth-order valence-corrected chi connectivity index (χ4v) is 5.31. The van der Waals surface area contributed by atoms with Crippen molar-refractivity contribution in [2.24, 2.45) is 0 Å². The first-order chi connectivity index (χ1) is 17.5. The van der Waals surface area contributed by atoms with Gasteiger partial charge >= 0.3 is 0 Å². The summed E-state index contributed by atoms with van der Waals surface area (Å²) < 4.78 is 5.97. The summed E-state index contributed by atoms with van der Waals surface area (Å²) in [5, 5.41) is 17.6. The summed E-state index contributed by atoms with van der Waals surface area (Å²) in [5.41, 5.74) is 3.78. The molecule has 36 heavy (non-hydrogen) atoms. The molecule has 2 N–H and O–H groups in total. The zero-order chi connectivity index (χ0) is 24.6. The van der Waals surface area contributed by atoms with Crippen LogP contribution in [0.25, 0.3) is 22.2 Å². The SMILES string of the molecule is C[C@H](O)C(=O)N1CC2CCC(C1)N2Cc1ccc2cc(Oc3ccc(-c4ccn[nH]4)cn3)ccc2n1. The maximum atomic E-state index is 12.3. The first-order valence-electron chi connectivity index (χ1n) is 12.3. The van der Waals surface area contributed by atoms with E-state index in [-0.39, 0.29) is 5.91 Å². The Bertz CT molecular complexity index is 1360. The monoisotopic (exact) mass is 484 g/mol. The Labute approximate surface area is 208 Å². The van der Waals surface area contributed by atoms with Gasteiger partial charge < -0.3 is 14.7 Å². The van der Waals surface area contributed by atoms with Crippen LogP contribution in [0, 0.1) is 0 Å². The molecule has 0 spiro atoms. The van der Waals surface area contributed by atoms with Gasteiger partial charge in [0.1, 0.15) is 11.9 Å². The third kappa shape index (κ3) is 4.43. The molecular formula is C27H28N6O3. The van der Waals surface area contributed by atoms with Crippen LogP contribution in [-0.4, -0.2) is 72.3 Å². The molecule has 3 atom stereocenters. The second kappa shape index (κ2) is 9.33. The molecular weight excluding hydrogens is 456 g/mol. The standard InChI is InChI=1S/C27H28N6O3/c1-17(34)27(35)32-15-21-5-6-22(16-32)33(21)14-20-4-2-18-12-23(7-8-24(18)30-20)36-26-9-3-19(13-28-26)25-10-11-29-31-25/h2-4,7-13,17,21-22,34H,5-6,14-16H2,1H3,(H,29,31)/t17-,21?,22?/m0/s1. The number of aromatic amines is 1. The highest BCUT2D eigenvalue weighted by Gasteiger charge is 2.41. The molecule has 4 aromatic rings. The van der Waals surface area contributed by atoms with Crippen LogP contribution >= 0.6 is 0 Å². The van der Waals surface area contributed by atoms with Crippen molar-refractivity contribution < 1.29 is 14.6 Å². The Morgan fingerprint density at radius 3 is 2.67 bits per heavy atom. The molecule has 0 aliphatic carbocycles. The number of rotatable bonds is 6. The van der Waals surface area contributed by atoms with E-state index in [4.69, 9.17) is 9.72 Å². The molecule has 2 aliphatic heterocycles. The van der Waals surface area contributed by atoms with E-state index in [2.05, 4.69) is 32.2 Å². The lowest BCUT2D eigenvalue weighted by atomic mass is 10.1. The summed E-state index contributed by atoms with van der Waals surface area (Å²) in [4.78, 5) is 25.8. The predicted octanol–water partition coefficient (Wildman–Crippen LogP) is 3.37. The molecule has 2 unspecified atom stereocenters. The maximum absolute atomic E-state index is 12.3. The van der Waals surface area contributed by atoms with Gasteiger partial charge in [-0.25, -0.2) is 4.98 Å². The van der Waals surface area contributed by atoms with Gasteiger partial charge in [-0.1, -0.05) is 6.07 Å². The third-order valence-electron chi connectivity index (χ3n) is 7.14. The summed E-state index contributed by atoms with van der Waals surface area (Å²) in [6.07, 6.45) is 4.66. The molecule has 0 radical (unpaired) electrons. The first kappa shape index (κ1) is 22.6. The van der Waals surface area contributed by atoms with E-state index in [0.717, 1.165) is 47.2 Å². The van der Waals surface area contributed by atoms with E-state index in [9.17, 15) is 9.90 Å². The van der Waals surface area contributed by atoms with E-state index in [1.807, 2.05) is 41.3 Å². The first-order valence-corrected chi connectivity index (χ1v) is 12.3. The lowest BCUT2D eigenvalue weighted by molar-refractivity contribution is -0.142. The Balaban J connectivity index is 1.13. The second-order valence-corrected chi connectivity index (χ2v) is 9.59. The number of carbonyl (C=O) groups excluding carboxylic acids is 1. The number of H-pyrrole nitrogens is 1. The van der Waals surface area contributed by atoms with Crippen molar-refractivity contribution in [1.29, 1.82) is 0 Å². The number of nitrogens with zero attached hydrogens (tertiary/aromatic N) is 5. The van der Waals surface area contributed by atoms with Crippen molar-refractivity contribution in [3.63, 3.8) is 0 Å². The number of hydrogen-bond donors (Lipinski definition) is 2. The molecule has 3 aromatic heterocycles. The van der Waals surface area contributed by atoms with Gasteiger partial charge in [0.2, 0.25) is 5.88 Å². The summed E-state index contributed by atoms with van der Waals surface area (Å²) >= 11 is 0.